The molecule has 130 valence electrons. The fourth-order valence-electron chi connectivity index (χ4n) is 2.69. The number of aldehydes is 1. The summed E-state index contributed by atoms with van der Waals surface area (Å²) in [7, 11) is 1.53. The Bertz CT molecular complexity index is 519. The summed E-state index contributed by atoms with van der Waals surface area (Å²) in [6.45, 7) is 7.92. The Morgan fingerprint density at radius 1 is 1.39 bits per heavy atom. The van der Waals surface area contributed by atoms with Crippen molar-refractivity contribution < 1.29 is 18.7 Å². The Labute approximate surface area is 138 Å². The summed E-state index contributed by atoms with van der Waals surface area (Å²) < 4.78 is 24.7. The fourth-order valence-corrected chi connectivity index (χ4v) is 2.69. The van der Waals surface area contributed by atoms with Crippen LogP contribution in [0.4, 0.5) is 4.39 Å². The monoisotopic (exact) mass is 325 g/mol. The number of hydrogen-bond acceptors (Lipinski definition) is 4. The van der Waals surface area contributed by atoms with Crippen molar-refractivity contribution >= 4 is 6.29 Å². The number of carbonyl (C=O) groups is 1. The van der Waals surface area contributed by atoms with Crippen molar-refractivity contribution in [1.29, 1.82) is 0 Å². The van der Waals surface area contributed by atoms with E-state index in [1.54, 1.807) is 13.0 Å². The van der Waals surface area contributed by atoms with E-state index in [4.69, 9.17) is 15.2 Å². The first-order valence-electron chi connectivity index (χ1n) is 7.96. The molecule has 1 aromatic carbocycles. The van der Waals surface area contributed by atoms with Crippen molar-refractivity contribution in [3.8, 4) is 5.75 Å². The highest BCUT2D eigenvalue weighted by atomic mass is 19.1. The fraction of sp³-hybridized carbons (Fsp3) is 0.611. The smallest absolute Gasteiger partial charge is 0.141 e. The highest BCUT2D eigenvalue weighted by Crippen LogP contribution is 2.37. The number of rotatable bonds is 9. The molecule has 0 aliphatic rings. The quantitative estimate of drug-likeness (QED) is 0.708. The highest BCUT2D eigenvalue weighted by molar-refractivity contribution is 5.63. The molecule has 0 saturated carbocycles. The molecule has 1 rings (SSSR count). The first-order chi connectivity index (χ1) is 10.8. The number of benzene rings is 1. The van der Waals surface area contributed by atoms with Gasteiger partial charge in [-0.15, -0.1) is 0 Å². The van der Waals surface area contributed by atoms with Crippen molar-refractivity contribution in [2.75, 3.05) is 13.7 Å². The minimum atomic E-state index is -1.01. The van der Waals surface area contributed by atoms with Crippen LogP contribution >= 0.6 is 0 Å². The summed E-state index contributed by atoms with van der Waals surface area (Å²) in [4.78, 5) is 10.9. The van der Waals surface area contributed by atoms with Gasteiger partial charge >= 0.3 is 0 Å². The molecular weight excluding hydrogens is 297 g/mol. The van der Waals surface area contributed by atoms with E-state index in [1.807, 2.05) is 6.92 Å². The van der Waals surface area contributed by atoms with Crippen LogP contribution < -0.4 is 10.5 Å². The molecule has 0 aliphatic carbocycles. The van der Waals surface area contributed by atoms with Gasteiger partial charge in [0.2, 0.25) is 0 Å². The van der Waals surface area contributed by atoms with E-state index in [0.29, 0.717) is 18.0 Å². The maximum atomic E-state index is 13.5. The first-order valence-corrected chi connectivity index (χ1v) is 7.96. The zero-order valence-electron chi connectivity index (χ0n) is 14.6. The third kappa shape index (κ3) is 5.29. The minimum absolute atomic E-state index is 0.0120. The van der Waals surface area contributed by atoms with Gasteiger partial charge in [-0.05, 0) is 25.8 Å². The Kier molecular flexibility index (Phi) is 7.16. The summed E-state index contributed by atoms with van der Waals surface area (Å²) in [5.74, 6) is 0.483. The number of halogens is 1. The molecule has 2 N–H and O–H groups in total. The maximum absolute atomic E-state index is 13.5. The van der Waals surface area contributed by atoms with Crippen LogP contribution in [0.3, 0.4) is 0 Å². The number of hydrogen-bond donors (Lipinski definition) is 1. The predicted molar refractivity (Wildman–Crippen MR) is 89.2 cm³/mol. The second kappa shape index (κ2) is 8.41. The van der Waals surface area contributed by atoms with Gasteiger partial charge < -0.3 is 20.0 Å². The van der Waals surface area contributed by atoms with Crippen molar-refractivity contribution in [3.05, 3.63) is 29.6 Å². The molecule has 0 bridgehead atoms. The molecular formula is C18H28FNO3. The Morgan fingerprint density at radius 2 is 2.04 bits per heavy atom. The van der Waals surface area contributed by atoms with Crippen LogP contribution in [0.25, 0.3) is 0 Å². The minimum Gasteiger partial charge on any atom is -0.496 e. The molecule has 4 nitrogen and oxygen atoms in total. The summed E-state index contributed by atoms with van der Waals surface area (Å²) in [6, 6.07) is 4.56. The molecule has 4 atom stereocenters. The van der Waals surface area contributed by atoms with Crippen LogP contribution in [0, 0.1) is 11.7 Å². The van der Waals surface area contributed by atoms with E-state index < -0.39 is 5.54 Å². The number of methoxy groups -OCH3 is 1. The summed E-state index contributed by atoms with van der Waals surface area (Å²) in [5.41, 5.74) is 5.71. The lowest BCUT2D eigenvalue weighted by molar-refractivity contribution is -0.114. The third-order valence-corrected chi connectivity index (χ3v) is 4.24. The van der Waals surface area contributed by atoms with Gasteiger partial charge in [0, 0.05) is 17.5 Å². The second-order valence-corrected chi connectivity index (χ2v) is 6.44. The zero-order chi connectivity index (χ0) is 17.6. The Hall–Kier alpha value is -1.46. The van der Waals surface area contributed by atoms with Gasteiger partial charge in [-0.1, -0.05) is 26.3 Å². The summed E-state index contributed by atoms with van der Waals surface area (Å²) in [6.07, 6.45) is 1.44. The molecule has 5 heteroatoms. The normalized spacial score (nSPS) is 17.9. The maximum Gasteiger partial charge on any atom is 0.141 e. The molecule has 0 aromatic heterocycles. The van der Waals surface area contributed by atoms with Gasteiger partial charge in [-0.3, -0.25) is 0 Å². The summed E-state index contributed by atoms with van der Waals surface area (Å²) >= 11 is 0. The first kappa shape index (κ1) is 19.6. The van der Waals surface area contributed by atoms with Gasteiger partial charge in [0.25, 0.3) is 0 Å². The molecule has 0 saturated heterocycles. The third-order valence-electron chi connectivity index (χ3n) is 4.24. The van der Waals surface area contributed by atoms with Crippen LogP contribution in [0.2, 0.25) is 0 Å². The van der Waals surface area contributed by atoms with Gasteiger partial charge in [-0.2, -0.15) is 0 Å². The van der Waals surface area contributed by atoms with Crippen LogP contribution in [0.1, 0.15) is 45.6 Å². The van der Waals surface area contributed by atoms with Crippen molar-refractivity contribution in [2.45, 2.75) is 51.7 Å². The number of ether oxygens (including phenoxy) is 2. The lowest BCUT2D eigenvalue weighted by Crippen LogP contribution is -2.44. The van der Waals surface area contributed by atoms with E-state index in [0.717, 1.165) is 12.0 Å². The zero-order valence-corrected chi connectivity index (χ0v) is 14.6. The van der Waals surface area contributed by atoms with Crippen molar-refractivity contribution in [2.24, 2.45) is 11.7 Å². The Morgan fingerprint density at radius 3 is 2.57 bits per heavy atom. The molecule has 1 aromatic rings. The van der Waals surface area contributed by atoms with Crippen molar-refractivity contribution in [3.63, 3.8) is 0 Å². The lowest BCUT2D eigenvalue weighted by atomic mass is 9.81. The summed E-state index contributed by atoms with van der Waals surface area (Å²) in [5, 5.41) is 0. The average Bonchev–Trinajstić information content (AvgIpc) is 2.54. The molecule has 0 fully saturated rings. The van der Waals surface area contributed by atoms with Gasteiger partial charge in [-0.25, -0.2) is 4.39 Å². The molecule has 0 aliphatic heterocycles. The van der Waals surface area contributed by atoms with E-state index >= 15 is 0 Å². The van der Waals surface area contributed by atoms with Crippen LogP contribution in [-0.2, 0) is 9.53 Å². The van der Waals surface area contributed by atoms with Gasteiger partial charge in [0.1, 0.15) is 17.9 Å². The van der Waals surface area contributed by atoms with Crippen molar-refractivity contribution in [1.82, 2.24) is 0 Å². The lowest BCUT2D eigenvalue weighted by Gasteiger charge is -2.32. The topological polar surface area (TPSA) is 61.6 Å². The van der Waals surface area contributed by atoms with Gasteiger partial charge in [0.15, 0.2) is 0 Å². The molecule has 0 heterocycles. The molecule has 0 amide bonds. The highest BCUT2D eigenvalue weighted by Gasteiger charge is 2.30. The van der Waals surface area contributed by atoms with Crippen LogP contribution in [0.5, 0.6) is 5.75 Å². The molecule has 0 spiro atoms. The average molecular weight is 325 g/mol. The van der Waals surface area contributed by atoms with E-state index in [2.05, 4.69) is 13.8 Å². The Balaban J connectivity index is 3.07. The predicted octanol–water partition coefficient (Wildman–Crippen LogP) is 3.29. The molecule has 1 unspecified atom stereocenters. The van der Waals surface area contributed by atoms with Gasteiger partial charge in [0.05, 0.1) is 25.4 Å². The molecule has 0 radical (unpaired) electrons. The van der Waals surface area contributed by atoms with E-state index in [1.165, 1.54) is 19.2 Å². The SMILES string of the molecule is CCC(C)[C@@H](c1ccc(F)cc1OC)[C@H](C)OC[C@](C)(N)C=O. The van der Waals surface area contributed by atoms with E-state index in [-0.39, 0.29) is 24.4 Å². The molecule has 23 heavy (non-hydrogen) atoms. The number of nitrogens with two attached hydrogens (primary N) is 1. The largest absolute Gasteiger partial charge is 0.496 e. The number of carbonyl (C=O) groups excluding carboxylic acids is 1. The van der Waals surface area contributed by atoms with E-state index in [9.17, 15) is 9.18 Å². The van der Waals surface area contributed by atoms with Crippen LogP contribution in [0.15, 0.2) is 18.2 Å². The second-order valence-electron chi connectivity index (χ2n) is 6.44. The van der Waals surface area contributed by atoms with Crippen LogP contribution in [-0.4, -0.2) is 31.6 Å². The standard InChI is InChI=1S/C18H28FNO3/c1-6-12(2)17(13(3)23-11-18(4,20)10-21)15-8-7-14(19)9-16(15)22-5/h7-10,12-13,17H,6,11,20H2,1-5H3/t12?,13-,17+,18+/m0/s1.